The van der Waals surface area contributed by atoms with E-state index in [4.69, 9.17) is 9.05 Å². The second kappa shape index (κ2) is 10.1. The molecule has 0 amide bonds. The topological polar surface area (TPSA) is 47.6 Å². The van der Waals surface area contributed by atoms with E-state index in [9.17, 15) is 4.57 Å². The fourth-order valence-electron chi connectivity index (χ4n) is 2.39. The average Bonchev–Trinajstić information content (AvgIpc) is 2.62. The fraction of sp³-hybridized carbons (Fsp3) is 0.300. The van der Waals surface area contributed by atoms with Gasteiger partial charge in [0.25, 0.3) is 0 Å². The van der Waals surface area contributed by atoms with Gasteiger partial charge >= 0.3 is 7.60 Å². The Kier molecular flexibility index (Phi) is 8.11. The second-order valence-corrected chi connectivity index (χ2v) is 8.81. The Bertz CT molecular complexity index is 750. The molecule has 26 heavy (non-hydrogen) atoms. The van der Waals surface area contributed by atoms with Crippen LogP contribution in [0.3, 0.4) is 0 Å². The van der Waals surface area contributed by atoms with Gasteiger partial charge in [-0.3, -0.25) is 4.57 Å². The highest BCUT2D eigenvalue weighted by Crippen LogP contribution is 2.53. The zero-order valence-electron chi connectivity index (χ0n) is 15.3. The number of nitrogens with one attached hydrogen (secondary N) is 1. The predicted molar refractivity (Wildman–Crippen MR) is 113 cm³/mol. The van der Waals surface area contributed by atoms with E-state index in [-0.39, 0.29) is 0 Å². The third-order valence-electron chi connectivity index (χ3n) is 3.67. The van der Waals surface area contributed by atoms with E-state index in [0.29, 0.717) is 13.2 Å². The van der Waals surface area contributed by atoms with Gasteiger partial charge < -0.3 is 14.4 Å². The molecule has 0 aliphatic heterocycles. The van der Waals surface area contributed by atoms with Crippen LogP contribution < -0.4 is 5.32 Å². The summed E-state index contributed by atoms with van der Waals surface area (Å²) in [7, 11) is -3.36. The lowest BCUT2D eigenvalue weighted by Crippen LogP contribution is -2.20. The number of aryl methyl sites for hydroxylation is 1. The van der Waals surface area contributed by atoms with Crippen LogP contribution in [0.1, 0.15) is 25.0 Å². The molecule has 0 aliphatic carbocycles. The molecule has 0 radical (unpaired) electrons. The summed E-state index contributed by atoms with van der Waals surface area (Å²) in [6, 6.07) is 15.8. The third-order valence-corrected chi connectivity index (χ3v) is 6.41. The molecular weight excluding hydrogens is 413 g/mol. The van der Waals surface area contributed by atoms with Gasteiger partial charge in [-0.2, -0.15) is 0 Å². The molecule has 6 heteroatoms. The molecule has 0 heterocycles. The van der Waals surface area contributed by atoms with E-state index in [1.54, 1.807) is 0 Å². The Morgan fingerprint density at radius 2 is 1.62 bits per heavy atom. The molecular formula is C20H25BrNO3P. The molecule has 0 aliphatic rings. The van der Waals surface area contributed by atoms with Gasteiger partial charge in [0.2, 0.25) is 0 Å². The van der Waals surface area contributed by atoms with Crippen LogP contribution in [0.25, 0.3) is 6.08 Å². The van der Waals surface area contributed by atoms with Gasteiger partial charge in [-0.25, -0.2) is 0 Å². The van der Waals surface area contributed by atoms with Crippen molar-refractivity contribution in [3.8, 4) is 0 Å². The van der Waals surface area contributed by atoms with Gasteiger partial charge in [-0.05, 0) is 56.7 Å². The standard InChI is InChI=1S/C20H25BrNO3P/c1-4-24-26(23,25-5-2)20(22-19-13-11-18(21)12-14-19)15-10-17-8-6-16(3)7-9-17/h6-15,20,22H,4-5H2,1-3H3/b15-10+. The number of hydrogen-bond acceptors (Lipinski definition) is 4. The summed E-state index contributed by atoms with van der Waals surface area (Å²) in [4.78, 5) is 0. The SMILES string of the molecule is CCOP(=O)(OCC)C(/C=C/c1ccc(C)cc1)Nc1ccc(Br)cc1. The maximum absolute atomic E-state index is 13.3. The Morgan fingerprint density at radius 3 is 2.15 bits per heavy atom. The first-order chi connectivity index (χ1) is 12.5. The lowest BCUT2D eigenvalue weighted by Gasteiger charge is -2.25. The molecule has 1 atom stereocenters. The van der Waals surface area contributed by atoms with Crippen LogP contribution in [0, 0.1) is 6.92 Å². The average molecular weight is 438 g/mol. The normalized spacial score (nSPS) is 13.1. The van der Waals surface area contributed by atoms with Crippen molar-refractivity contribution in [3.05, 3.63) is 70.2 Å². The lowest BCUT2D eigenvalue weighted by molar-refractivity contribution is 0.217. The number of rotatable bonds is 9. The smallest absolute Gasteiger partial charge is 0.356 e. The van der Waals surface area contributed by atoms with E-state index in [0.717, 1.165) is 15.7 Å². The first-order valence-electron chi connectivity index (χ1n) is 8.62. The Labute approximate surface area is 164 Å². The largest absolute Gasteiger partial charge is 0.368 e. The molecule has 0 fully saturated rings. The molecule has 0 aromatic heterocycles. The maximum Gasteiger partial charge on any atom is 0.356 e. The van der Waals surface area contributed by atoms with Gasteiger partial charge in [-0.15, -0.1) is 0 Å². The molecule has 140 valence electrons. The molecule has 0 spiro atoms. The third kappa shape index (κ3) is 6.10. The Morgan fingerprint density at radius 1 is 1.04 bits per heavy atom. The van der Waals surface area contributed by atoms with Crippen LogP contribution in [0.4, 0.5) is 5.69 Å². The molecule has 2 aromatic carbocycles. The van der Waals surface area contributed by atoms with Crippen LogP contribution in [-0.2, 0) is 13.6 Å². The van der Waals surface area contributed by atoms with Crippen molar-refractivity contribution in [1.82, 2.24) is 0 Å². The minimum absolute atomic E-state index is 0.314. The Hall–Kier alpha value is -1.39. The van der Waals surface area contributed by atoms with Crippen LogP contribution in [0.5, 0.6) is 0 Å². The van der Waals surface area contributed by atoms with Gasteiger partial charge in [0.05, 0.1) is 13.2 Å². The highest BCUT2D eigenvalue weighted by atomic mass is 79.9. The van der Waals surface area contributed by atoms with Crippen molar-refractivity contribution < 1.29 is 13.6 Å². The molecule has 1 unspecified atom stereocenters. The van der Waals surface area contributed by atoms with E-state index in [1.807, 2.05) is 81.5 Å². The summed E-state index contributed by atoms with van der Waals surface area (Å²) < 4.78 is 25.4. The summed E-state index contributed by atoms with van der Waals surface area (Å²) >= 11 is 3.42. The zero-order valence-corrected chi connectivity index (χ0v) is 17.8. The first-order valence-corrected chi connectivity index (χ1v) is 11.0. The minimum Gasteiger partial charge on any atom is -0.368 e. The first kappa shape index (κ1) is 20.9. The van der Waals surface area contributed by atoms with Gasteiger partial charge in [-0.1, -0.05) is 51.8 Å². The molecule has 4 nitrogen and oxygen atoms in total. The summed E-state index contributed by atoms with van der Waals surface area (Å²) in [6.07, 6.45) is 3.78. The van der Waals surface area contributed by atoms with E-state index >= 15 is 0 Å². The van der Waals surface area contributed by atoms with Crippen molar-refractivity contribution in [3.63, 3.8) is 0 Å². The van der Waals surface area contributed by atoms with Crippen molar-refractivity contribution in [2.24, 2.45) is 0 Å². The number of benzene rings is 2. The van der Waals surface area contributed by atoms with Crippen molar-refractivity contribution >= 4 is 35.3 Å². The molecule has 0 saturated carbocycles. The fourth-order valence-corrected chi connectivity index (χ4v) is 4.37. The zero-order chi connectivity index (χ0) is 19.0. The predicted octanol–water partition coefficient (Wildman–Crippen LogP) is 6.48. The molecule has 2 aromatic rings. The summed E-state index contributed by atoms with van der Waals surface area (Å²) in [5, 5.41) is 3.28. The van der Waals surface area contributed by atoms with Crippen LogP contribution in [0.15, 0.2) is 59.1 Å². The van der Waals surface area contributed by atoms with E-state index in [1.165, 1.54) is 5.56 Å². The summed E-state index contributed by atoms with van der Waals surface area (Å²) in [6.45, 7) is 6.30. The second-order valence-electron chi connectivity index (χ2n) is 5.74. The molecule has 0 bridgehead atoms. The lowest BCUT2D eigenvalue weighted by atomic mass is 10.1. The molecule has 1 N–H and O–H groups in total. The maximum atomic E-state index is 13.3. The van der Waals surface area contributed by atoms with Crippen molar-refractivity contribution in [1.29, 1.82) is 0 Å². The molecule has 2 rings (SSSR count). The quantitative estimate of drug-likeness (QED) is 0.456. The van der Waals surface area contributed by atoms with Crippen LogP contribution in [-0.4, -0.2) is 19.0 Å². The van der Waals surface area contributed by atoms with E-state index < -0.39 is 13.4 Å². The number of hydrogen-bond donors (Lipinski definition) is 1. The summed E-state index contributed by atoms with van der Waals surface area (Å²) in [5.74, 6) is -0.593. The Balaban J connectivity index is 2.31. The minimum atomic E-state index is -3.36. The van der Waals surface area contributed by atoms with Gasteiger partial charge in [0.1, 0.15) is 5.78 Å². The van der Waals surface area contributed by atoms with Crippen LogP contribution in [0.2, 0.25) is 0 Å². The van der Waals surface area contributed by atoms with Gasteiger partial charge in [0, 0.05) is 10.2 Å². The number of halogens is 1. The van der Waals surface area contributed by atoms with Crippen molar-refractivity contribution in [2.75, 3.05) is 18.5 Å². The summed E-state index contributed by atoms with van der Waals surface area (Å²) in [5.41, 5.74) is 3.06. The van der Waals surface area contributed by atoms with E-state index in [2.05, 4.69) is 21.2 Å². The highest BCUT2D eigenvalue weighted by molar-refractivity contribution is 9.10. The monoisotopic (exact) mass is 437 g/mol. The molecule has 0 saturated heterocycles. The van der Waals surface area contributed by atoms with Gasteiger partial charge in [0.15, 0.2) is 0 Å². The highest BCUT2D eigenvalue weighted by Gasteiger charge is 2.33. The number of anilines is 1. The van der Waals surface area contributed by atoms with Crippen LogP contribution >= 0.6 is 23.5 Å². The van der Waals surface area contributed by atoms with Crippen molar-refractivity contribution in [2.45, 2.75) is 26.6 Å².